The van der Waals surface area contributed by atoms with Crippen LogP contribution >= 0.6 is 0 Å². The van der Waals surface area contributed by atoms with Gasteiger partial charge < -0.3 is 0 Å². The van der Waals surface area contributed by atoms with Crippen LogP contribution in [0.2, 0.25) is 0 Å². The molecule has 0 radical (unpaired) electrons. The average molecular weight is 504 g/mol. The number of amides is 2. The van der Waals surface area contributed by atoms with Crippen LogP contribution in [0.4, 0.5) is 0 Å². The number of nitrogens with zero attached hydrogens (tertiary/aromatic N) is 3. The van der Waals surface area contributed by atoms with Crippen molar-refractivity contribution in [1.82, 2.24) is 31.1 Å². The minimum absolute atomic E-state index is 0.119. The minimum atomic E-state index is -0.510. The number of hydroxylamine groups is 4. The summed E-state index contributed by atoms with van der Waals surface area (Å²) in [4.78, 5) is 37.8. The number of pyridine rings is 1. The van der Waals surface area contributed by atoms with Crippen LogP contribution < -0.4 is 16.0 Å². The fourth-order valence-electron chi connectivity index (χ4n) is 3.73. The Kier molecular flexibility index (Phi) is 16.6. The average Bonchev–Trinajstić information content (AvgIpc) is 2.93. The van der Waals surface area contributed by atoms with Gasteiger partial charge in [0.05, 0.1) is 0 Å². The molecule has 0 spiro atoms. The van der Waals surface area contributed by atoms with E-state index in [0.29, 0.717) is 12.3 Å². The molecule has 0 bridgehead atoms. The van der Waals surface area contributed by atoms with Gasteiger partial charge in [-0.1, -0.05) is 0 Å². The first-order chi connectivity index (χ1) is 17.4. The Morgan fingerprint density at radius 1 is 1.11 bits per heavy atom. The van der Waals surface area contributed by atoms with E-state index < -0.39 is 6.04 Å². The van der Waals surface area contributed by atoms with E-state index >= 15 is 0 Å². The van der Waals surface area contributed by atoms with Crippen LogP contribution in [-0.4, -0.2) is 108 Å². The molecule has 0 aliphatic carbocycles. The van der Waals surface area contributed by atoms with Crippen LogP contribution in [0, 0.1) is 5.92 Å². The zero-order chi connectivity index (χ0) is 26.8. The molecule has 198 valence electrons. The molecule has 1 aromatic rings. The van der Waals surface area contributed by atoms with Gasteiger partial charge in [-0.2, -0.15) is 0 Å². The number of nitrogens with one attached hydrogen (secondary N) is 3. The van der Waals surface area contributed by atoms with Crippen LogP contribution in [-0.2, 0) is 35.1 Å². The molecular weight excluding hydrogens is 466 g/mol. The molecule has 1 aliphatic heterocycles. The van der Waals surface area contributed by atoms with Crippen molar-refractivity contribution < 1.29 is 28.7 Å². The monoisotopic (exact) mass is 504 g/mol. The zero-order valence-electron chi connectivity index (χ0n) is 21.6. The Morgan fingerprint density at radius 3 is 2.22 bits per heavy atom. The summed E-state index contributed by atoms with van der Waals surface area (Å²) in [6, 6.07) is 2.81. The third-order valence-electron chi connectivity index (χ3n) is 5.79. The third-order valence-corrected chi connectivity index (χ3v) is 5.79. The number of hydrogen-bond acceptors (Lipinski definition) is 10. The number of carbonyl (C=O) groups is 2. The summed E-state index contributed by atoms with van der Waals surface area (Å²) in [6.07, 6.45) is 7.11. The molecule has 3 atom stereocenters. The predicted octanol–water partition coefficient (Wildman–Crippen LogP) is -1.03. The van der Waals surface area contributed by atoms with Crippen molar-refractivity contribution in [2.75, 3.05) is 54.3 Å². The summed E-state index contributed by atoms with van der Waals surface area (Å²) in [5.74, 6) is 0.102. The number of piperidine rings is 1. The molecule has 36 heavy (non-hydrogen) atoms. The van der Waals surface area contributed by atoms with Crippen molar-refractivity contribution in [2.24, 2.45) is 5.92 Å². The molecule has 2 amide bonds. The molecule has 3 unspecified atom stereocenters. The summed E-state index contributed by atoms with van der Waals surface area (Å²) in [5, 5.41) is 11.5. The Labute approximate surface area is 214 Å². The summed E-state index contributed by atoms with van der Waals surface area (Å²) in [7, 11) is 7.47. The van der Waals surface area contributed by atoms with Crippen LogP contribution in [0.25, 0.3) is 0 Å². The van der Waals surface area contributed by atoms with Gasteiger partial charge in [-0.15, -0.1) is 0 Å². The van der Waals surface area contributed by atoms with E-state index in [9.17, 15) is 19.0 Å². The Hall–Kier alpha value is -2.38. The molecule has 3 N–H and O–H groups in total. The first-order valence-electron chi connectivity index (χ1n) is 11.9. The van der Waals surface area contributed by atoms with Gasteiger partial charge in [-0.3, -0.25) is 0 Å². The number of hydrogen-bond donors (Lipinski definition) is 3. The van der Waals surface area contributed by atoms with E-state index in [2.05, 4.69) is 20.9 Å². The molecule has 2 rings (SSSR count). The summed E-state index contributed by atoms with van der Waals surface area (Å²) in [5.41, 5.74) is 0.916. The van der Waals surface area contributed by atoms with E-state index in [-0.39, 0.29) is 30.7 Å². The van der Waals surface area contributed by atoms with Gasteiger partial charge in [0.2, 0.25) is 0 Å². The first kappa shape index (κ1) is 31.6. The van der Waals surface area contributed by atoms with Crippen LogP contribution in [0.3, 0.4) is 0 Å². The van der Waals surface area contributed by atoms with Crippen LogP contribution in [0.5, 0.6) is 0 Å². The normalized spacial score (nSPS) is 16.4. The quantitative estimate of drug-likeness (QED) is 0.213. The van der Waals surface area contributed by atoms with Gasteiger partial charge >= 0.3 is 214 Å². The second kappa shape index (κ2) is 18.8. The summed E-state index contributed by atoms with van der Waals surface area (Å²) >= 11 is 0. The standard InChI is InChI=1S/C11H22BN3O3.C11H16BN3O3/c2*1-15(18-2)11(16)10(14-8-12-17)6-9-4-3-5-13-7-9/h9-10,13-14H,3-8H2,1-2H3;3-5,7,10,14H,6,8H2,1-2H3. The molecule has 1 saturated heterocycles. The zero-order valence-corrected chi connectivity index (χ0v) is 21.6. The summed E-state index contributed by atoms with van der Waals surface area (Å²) in [6.45, 7) is 1.98. The fourth-order valence-corrected chi connectivity index (χ4v) is 3.73. The van der Waals surface area contributed by atoms with Crippen molar-refractivity contribution in [3.63, 3.8) is 0 Å². The van der Waals surface area contributed by atoms with Gasteiger partial charge in [0.25, 0.3) is 0 Å². The van der Waals surface area contributed by atoms with Gasteiger partial charge in [0, 0.05) is 0 Å². The molecule has 2 heterocycles. The van der Waals surface area contributed by atoms with Gasteiger partial charge in [0.15, 0.2) is 0 Å². The number of rotatable bonds is 14. The van der Waals surface area contributed by atoms with E-state index in [1.165, 1.54) is 26.3 Å². The van der Waals surface area contributed by atoms with E-state index in [1.807, 2.05) is 6.07 Å². The Morgan fingerprint density at radius 2 is 1.72 bits per heavy atom. The van der Waals surface area contributed by atoms with Crippen molar-refractivity contribution in [1.29, 1.82) is 0 Å². The second-order valence-corrected chi connectivity index (χ2v) is 8.31. The molecular formula is C22H38B2N6O6. The third kappa shape index (κ3) is 12.0. The number of carbonyl (C=O) groups excluding carboxylic acids is 2. The molecule has 12 nitrogen and oxygen atoms in total. The van der Waals surface area contributed by atoms with Crippen LogP contribution in [0.1, 0.15) is 24.8 Å². The fraction of sp³-hybridized carbons (Fsp3) is 0.682. The second-order valence-electron chi connectivity index (χ2n) is 8.31. The topological polar surface area (TPSA) is 142 Å². The van der Waals surface area contributed by atoms with E-state index in [1.54, 1.807) is 25.5 Å². The molecule has 0 saturated carbocycles. The molecule has 1 fully saturated rings. The van der Waals surface area contributed by atoms with Gasteiger partial charge in [-0.25, -0.2) is 0 Å². The number of likely N-dealkylation sites (N-methyl/N-ethyl adjacent to an activating group) is 2. The Bertz CT molecular complexity index is 788. The molecule has 1 aliphatic rings. The van der Waals surface area contributed by atoms with Crippen molar-refractivity contribution in [2.45, 2.75) is 37.8 Å². The Balaban J connectivity index is 0.000000360. The van der Waals surface area contributed by atoms with Gasteiger partial charge in [-0.05, 0) is 0 Å². The maximum atomic E-state index is 12.1. The SMILES string of the molecule is CON(C)C(=O)C(CC1CCCNC1)NCB=O.CON(C)C(=O)C(Cc1cccnc1)NCB=O. The summed E-state index contributed by atoms with van der Waals surface area (Å²) < 4.78 is 20.8. The van der Waals surface area contributed by atoms with Gasteiger partial charge in [0.1, 0.15) is 0 Å². The first-order valence-corrected chi connectivity index (χ1v) is 11.9. The van der Waals surface area contributed by atoms with Crippen molar-refractivity contribution >= 4 is 26.1 Å². The maximum absolute atomic E-state index is 12.1. The predicted molar refractivity (Wildman–Crippen MR) is 134 cm³/mol. The molecule has 14 heteroatoms. The van der Waals surface area contributed by atoms with Crippen molar-refractivity contribution in [3.05, 3.63) is 30.1 Å². The number of aromatic nitrogens is 1. The van der Waals surface area contributed by atoms with Crippen LogP contribution in [0.15, 0.2) is 24.5 Å². The molecule has 1 aromatic heterocycles. The van der Waals surface area contributed by atoms with E-state index in [0.717, 1.165) is 57.3 Å². The van der Waals surface area contributed by atoms with Crippen molar-refractivity contribution in [3.8, 4) is 0 Å². The van der Waals surface area contributed by atoms with E-state index in [4.69, 9.17) is 9.68 Å². The molecule has 0 aromatic carbocycles.